The number of hydrogen-bond donors (Lipinski definition) is 2. The van der Waals surface area contributed by atoms with Crippen LogP contribution in [-0.2, 0) is 9.59 Å². The highest BCUT2D eigenvalue weighted by Gasteiger charge is 2.11. The molecule has 0 aliphatic carbocycles. The first-order valence-electron chi connectivity index (χ1n) is 8.72. The van der Waals surface area contributed by atoms with Gasteiger partial charge in [-0.1, -0.05) is 24.3 Å². The molecule has 3 aromatic heterocycles. The molecule has 2 atom stereocenters. The molecule has 2 N–H and O–H groups in total. The molecule has 0 bridgehead atoms. The number of H-pyrrole nitrogens is 2. The Morgan fingerprint density at radius 3 is 1.69 bits per heavy atom. The Morgan fingerprint density at radius 2 is 1.24 bits per heavy atom. The second-order valence-electron chi connectivity index (χ2n) is 6.34. The van der Waals surface area contributed by atoms with Gasteiger partial charge >= 0.3 is 0 Å². The van der Waals surface area contributed by atoms with Crippen molar-refractivity contribution in [2.45, 2.75) is 0 Å². The SMILES string of the molecule is O=CPc1ncc(-c2ccc3c(c2)sc2cc(-c4cnc(PC=O)[nH]4)ccc23)[nH]1. The monoisotopic (exact) mass is 436 g/mol. The van der Waals surface area contributed by atoms with Crippen LogP contribution in [0.3, 0.4) is 0 Å². The molecular formula is C20H14N4O2P2S. The maximum atomic E-state index is 10.7. The van der Waals surface area contributed by atoms with E-state index in [0.717, 1.165) is 34.6 Å². The van der Waals surface area contributed by atoms with Crippen LogP contribution in [0.25, 0.3) is 42.7 Å². The molecule has 0 fully saturated rings. The minimum Gasteiger partial charge on any atom is -0.338 e. The fourth-order valence-electron chi connectivity index (χ4n) is 3.31. The summed E-state index contributed by atoms with van der Waals surface area (Å²) in [5.41, 5.74) is 5.32. The van der Waals surface area contributed by atoms with E-state index in [1.807, 2.05) is 0 Å². The van der Waals surface area contributed by atoms with Gasteiger partial charge in [0.25, 0.3) is 0 Å². The Labute approximate surface area is 172 Å². The van der Waals surface area contributed by atoms with Gasteiger partial charge in [-0.15, -0.1) is 11.3 Å². The van der Waals surface area contributed by atoms with E-state index in [4.69, 9.17) is 0 Å². The third kappa shape index (κ3) is 3.42. The second kappa shape index (κ2) is 7.60. The Bertz CT molecular complexity index is 1270. The van der Waals surface area contributed by atoms with E-state index < -0.39 is 0 Å². The first kappa shape index (κ1) is 18.3. The van der Waals surface area contributed by atoms with E-state index in [9.17, 15) is 9.59 Å². The lowest BCUT2D eigenvalue weighted by molar-refractivity contribution is 0.569. The largest absolute Gasteiger partial charge is 0.338 e. The summed E-state index contributed by atoms with van der Waals surface area (Å²) in [6.07, 6.45) is 3.54. The van der Waals surface area contributed by atoms with Gasteiger partial charge in [-0.25, -0.2) is 9.97 Å². The molecule has 0 saturated carbocycles. The highest BCUT2D eigenvalue weighted by molar-refractivity contribution is 7.62. The van der Waals surface area contributed by atoms with E-state index in [2.05, 4.69) is 56.3 Å². The number of benzene rings is 2. The molecule has 0 radical (unpaired) electrons. The number of aromatic amines is 2. The highest BCUT2D eigenvalue weighted by atomic mass is 32.1. The molecular weight excluding hydrogens is 422 g/mol. The lowest BCUT2D eigenvalue weighted by atomic mass is 10.1. The first-order chi connectivity index (χ1) is 14.2. The Balaban J connectivity index is 1.55. The zero-order valence-corrected chi connectivity index (χ0v) is 17.7. The van der Waals surface area contributed by atoms with Crippen LogP contribution in [0.5, 0.6) is 0 Å². The Hall–Kier alpha value is -2.72. The molecule has 2 aromatic carbocycles. The Morgan fingerprint density at radius 1 is 0.759 bits per heavy atom. The summed E-state index contributed by atoms with van der Waals surface area (Å²) < 4.78 is 2.38. The lowest BCUT2D eigenvalue weighted by Gasteiger charge is -1.99. The second-order valence-corrected chi connectivity index (χ2v) is 9.42. The molecule has 0 spiro atoms. The summed E-state index contributed by atoms with van der Waals surface area (Å²) in [4.78, 5) is 36.3. The van der Waals surface area contributed by atoms with Crippen molar-refractivity contribution in [3.05, 3.63) is 48.8 Å². The number of hydrogen-bond acceptors (Lipinski definition) is 5. The van der Waals surface area contributed by atoms with E-state index in [-0.39, 0.29) is 17.2 Å². The predicted molar refractivity (Wildman–Crippen MR) is 124 cm³/mol. The Kier molecular flexibility index (Phi) is 4.80. The standard InChI is InChI=1S/C20H14N4O2P2S/c25-9-27-19-21-7-15(23-19)11-1-3-13-14-4-2-12(6-18(14)29-17(13)5-11)16-8-22-20(24-16)28-10-26/h1-10,27-28H,(H,21,23)(H,22,24). The van der Waals surface area contributed by atoms with Crippen molar-refractivity contribution in [3.63, 3.8) is 0 Å². The van der Waals surface area contributed by atoms with Crippen molar-refractivity contribution in [3.8, 4) is 22.5 Å². The van der Waals surface area contributed by atoms with Gasteiger partial charge in [-0.3, -0.25) is 9.59 Å². The molecule has 2 unspecified atom stereocenters. The molecule has 29 heavy (non-hydrogen) atoms. The zero-order chi connectivity index (χ0) is 19.8. The summed E-state index contributed by atoms with van der Waals surface area (Å²) in [5.74, 6) is 0. The molecule has 3 heterocycles. The first-order valence-corrected chi connectivity index (χ1v) is 11.7. The fraction of sp³-hybridized carbons (Fsp3) is 0. The van der Waals surface area contributed by atoms with E-state index in [1.165, 1.54) is 20.2 Å². The fourth-order valence-corrected chi connectivity index (χ4v) is 5.41. The van der Waals surface area contributed by atoms with Gasteiger partial charge in [-0.05, 0) is 12.1 Å². The molecule has 0 aliphatic heterocycles. The van der Waals surface area contributed by atoms with Gasteiger partial charge in [-0.2, -0.15) is 0 Å². The van der Waals surface area contributed by atoms with Crippen molar-refractivity contribution < 1.29 is 9.59 Å². The summed E-state index contributed by atoms with van der Waals surface area (Å²) >= 11 is 1.74. The zero-order valence-electron chi connectivity index (χ0n) is 14.9. The van der Waals surface area contributed by atoms with Gasteiger partial charge in [0.1, 0.15) is 23.2 Å². The number of nitrogens with one attached hydrogen (secondary N) is 2. The maximum Gasteiger partial charge on any atom is 0.146 e. The van der Waals surface area contributed by atoms with Crippen LogP contribution in [0, 0.1) is 0 Å². The van der Waals surface area contributed by atoms with Crippen LogP contribution in [-0.4, -0.2) is 32.0 Å². The topological polar surface area (TPSA) is 91.5 Å². The van der Waals surface area contributed by atoms with Crippen molar-refractivity contribution in [1.82, 2.24) is 19.9 Å². The van der Waals surface area contributed by atoms with Crippen LogP contribution in [0.1, 0.15) is 0 Å². The normalized spacial score (nSPS) is 12.1. The highest BCUT2D eigenvalue weighted by Crippen LogP contribution is 2.37. The smallest absolute Gasteiger partial charge is 0.146 e. The molecule has 9 heteroatoms. The summed E-state index contributed by atoms with van der Waals surface area (Å²) in [6, 6.07) is 14.5. The van der Waals surface area contributed by atoms with Crippen LogP contribution in [0.4, 0.5) is 0 Å². The third-order valence-electron chi connectivity index (χ3n) is 4.64. The van der Waals surface area contributed by atoms with Gasteiger partial charge in [0.05, 0.1) is 23.8 Å². The number of nitrogens with zero attached hydrogens (tertiary/aromatic N) is 2. The van der Waals surface area contributed by atoms with Crippen LogP contribution in [0.15, 0.2) is 48.8 Å². The molecule has 5 rings (SSSR count). The minimum atomic E-state index is 0.0407. The van der Waals surface area contributed by atoms with Crippen LogP contribution >= 0.6 is 28.5 Å². The molecule has 142 valence electrons. The number of imidazole rings is 2. The summed E-state index contributed by atoms with van der Waals surface area (Å²) in [7, 11) is 0.0814. The van der Waals surface area contributed by atoms with E-state index in [1.54, 1.807) is 23.7 Å². The van der Waals surface area contributed by atoms with E-state index in [0.29, 0.717) is 11.1 Å². The molecule has 6 nitrogen and oxygen atoms in total. The number of rotatable bonds is 6. The maximum absolute atomic E-state index is 10.7. The van der Waals surface area contributed by atoms with Crippen molar-refractivity contribution in [1.29, 1.82) is 0 Å². The number of carbonyl (C=O) groups excluding carboxylic acids is 2. The average molecular weight is 436 g/mol. The summed E-state index contributed by atoms with van der Waals surface area (Å²) in [6.45, 7) is 0. The van der Waals surface area contributed by atoms with Crippen LogP contribution in [0.2, 0.25) is 0 Å². The number of carbonyl (C=O) groups is 2. The number of thiophene rings is 1. The quantitative estimate of drug-likeness (QED) is 0.313. The third-order valence-corrected chi connectivity index (χ3v) is 7.04. The van der Waals surface area contributed by atoms with E-state index >= 15 is 0 Å². The summed E-state index contributed by atoms with van der Waals surface area (Å²) in [5, 5.41) is 2.42. The number of aromatic nitrogens is 4. The predicted octanol–water partition coefficient (Wildman–Crippen LogP) is 3.82. The van der Waals surface area contributed by atoms with Crippen molar-refractivity contribution >= 4 is 71.9 Å². The van der Waals surface area contributed by atoms with Gasteiger partial charge in [0.2, 0.25) is 0 Å². The minimum absolute atomic E-state index is 0.0407. The number of fused-ring (bicyclic) bond motifs is 3. The lowest BCUT2D eigenvalue weighted by Crippen LogP contribution is -1.97. The van der Waals surface area contributed by atoms with Gasteiger partial charge in [0, 0.05) is 48.5 Å². The van der Waals surface area contributed by atoms with Gasteiger partial charge in [0.15, 0.2) is 0 Å². The van der Waals surface area contributed by atoms with Gasteiger partial charge < -0.3 is 9.97 Å². The molecule has 5 aromatic rings. The average Bonchev–Trinajstić information content (AvgIpc) is 3.45. The van der Waals surface area contributed by atoms with Crippen molar-refractivity contribution in [2.24, 2.45) is 0 Å². The van der Waals surface area contributed by atoms with Crippen molar-refractivity contribution in [2.75, 3.05) is 0 Å². The van der Waals surface area contributed by atoms with Crippen LogP contribution < -0.4 is 11.1 Å². The molecule has 0 amide bonds. The molecule has 0 aliphatic rings. The molecule has 0 saturated heterocycles.